The van der Waals surface area contributed by atoms with Crippen molar-refractivity contribution in [2.75, 3.05) is 0 Å². The number of hydrogen-bond donors (Lipinski definition) is 1. The summed E-state index contributed by atoms with van der Waals surface area (Å²) in [5, 5.41) is 0. The highest BCUT2D eigenvalue weighted by Crippen LogP contribution is 2.49. The van der Waals surface area contributed by atoms with Gasteiger partial charge in [0.15, 0.2) is 0 Å². The largest absolute Gasteiger partial charge is 0.457 e. The molecule has 0 saturated carbocycles. The minimum atomic E-state index is -4.84. The molecule has 0 spiro atoms. The zero-order valence-corrected chi connectivity index (χ0v) is 13.7. The summed E-state index contributed by atoms with van der Waals surface area (Å²) in [4.78, 5) is 15.6. The summed E-state index contributed by atoms with van der Waals surface area (Å²) in [6.07, 6.45) is -4.45. The zero-order chi connectivity index (χ0) is 20.2. The summed E-state index contributed by atoms with van der Waals surface area (Å²) in [6, 6.07) is 5.46. The molecule has 1 amide bonds. The Labute approximate surface area is 153 Å². The van der Waals surface area contributed by atoms with Crippen LogP contribution in [0, 0.1) is 11.6 Å². The molecule has 1 aromatic heterocycles. The molecule has 0 bridgehead atoms. The van der Waals surface area contributed by atoms with Crippen LogP contribution < -0.4 is 10.5 Å². The minimum Gasteiger partial charge on any atom is -0.457 e. The van der Waals surface area contributed by atoms with E-state index in [0.29, 0.717) is 6.20 Å². The molecular weight excluding hydrogens is 387 g/mol. The predicted molar refractivity (Wildman–Crippen MR) is 84.4 cm³/mol. The van der Waals surface area contributed by atoms with Crippen molar-refractivity contribution in [3.8, 4) is 23.0 Å². The third kappa shape index (κ3) is 2.77. The number of benzene rings is 2. The summed E-state index contributed by atoms with van der Waals surface area (Å²) in [7, 11) is 0. The van der Waals surface area contributed by atoms with E-state index in [2.05, 4.69) is 9.40 Å². The van der Waals surface area contributed by atoms with Crippen LogP contribution in [0.15, 0.2) is 40.9 Å². The molecule has 2 N–H and O–H groups in total. The molecule has 1 unspecified atom stereocenters. The standard InChI is InChI=1S/C18H9F5N2O3/c19-7-1-3-10-8(5-7)13(16(24)26)15-11(27-10)4-2-9(20)14(15)17-25-6-12(28-17)18(21,22)23/h1-6,13H,(H2,24,26). The number of nitrogens with zero attached hydrogens (tertiary/aromatic N) is 1. The van der Waals surface area contributed by atoms with E-state index in [4.69, 9.17) is 10.5 Å². The molecule has 1 aliphatic heterocycles. The van der Waals surface area contributed by atoms with E-state index in [1.165, 1.54) is 12.1 Å². The maximum atomic E-state index is 14.6. The van der Waals surface area contributed by atoms with Crippen LogP contribution >= 0.6 is 0 Å². The molecule has 2 aromatic carbocycles. The number of aromatic nitrogens is 1. The number of fused-ring (bicyclic) bond motifs is 2. The number of carbonyl (C=O) groups excluding carboxylic acids is 1. The van der Waals surface area contributed by atoms with E-state index in [9.17, 15) is 26.7 Å². The van der Waals surface area contributed by atoms with E-state index in [1.54, 1.807) is 0 Å². The number of carbonyl (C=O) groups is 1. The van der Waals surface area contributed by atoms with Crippen LogP contribution in [0.5, 0.6) is 11.5 Å². The first-order valence-electron chi connectivity index (χ1n) is 7.79. The first-order valence-corrected chi connectivity index (χ1v) is 7.79. The minimum absolute atomic E-state index is 0.00875. The lowest BCUT2D eigenvalue weighted by atomic mass is 9.84. The third-order valence-corrected chi connectivity index (χ3v) is 4.23. The zero-order valence-electron chi connectivity index (χ0n) is 13.7. The number of halogens is 5. The smallest absolute Gasteiger partial charge is 0.451 e. The van der Waals surface area contributed by atoms with Crippen molar-refractivity contribution in [1.82, 2.24) is 4.98 Å². The lowest BCUT2D eigenvalue weighted by Gasteiger charge is -2.28. The molecule has 144 valence electrons. The van der Waals surface area contributed by atoms with E-state index in [0.717, 1.165) is 18.2 Å². The third-order valence-electron chi connectivity index (χ3n) is 4.23. The molecule has 0 saturated heterocycles. The average Bonchev–Trinajstić information content (AvgIpc) is 3.09. The van der Waals surface area contributed by atoms with Crippen LogP contribution in [0.2, 0.25) is 0 Å². The van der Waals surface area contributed by atoms with Gasteiger partial charge in [0.05, 0.1) is 17.7 Å². The molecule has 2 heterocycles. The summed E-state index contributed by atoms with van der Waals surface area (Å²) < 4.78 is 77.0. The molecule has 1 aliphatic rings. The number of primary amides is 1. The highest BCUT2D eigenvalue weighted by molar-refractivity contribution is 5.91. The number of amides is 1. The van der Waals surface area contributed by atoms with E-state index >= 15 is 0 Å². The number of rotatable bonds is 2. The number of hydrogen-bond acceptors (Lipinski definition) is 4. The highest BCUT2D eigenvalue weighted by Gasteiger charge is 2.39. The van der Waals surface area contributed by atoms with Gasteiger partial charge in [0.2, 0.25) is 17.6 Å². The van der Waals surface area contributed by atoms with E-state index < -0.39 is 46.9 Å². The van der Waals surface area contributed by atoms with Crippen LogP contribution in [-0.4, -0.2) is 10.9 Å². The van der Waals surface area contributed by atoms with Crippen LogP contribution in [-0.2, 0) is 11.0 Å². The molecule has 4 rings (SSSR count). The molecule has 0 radical (unpaired) electrons. The fraction of sp³-hybridized carbons (Fsp3) is 0.111. The molecule has 28 heavy (non-hydrogen) atoms. The Morgan fingerprint density at radius 1 is 1.11 bits per heavy atom. The van der Waals surface area contributed by atoms with Crippen LogP contribution in [0.1, 0.15) is 22.8 Å². The Hall–Kier alpha value is -3.43. The van der Waals surface area contributed by atoms with Crippen molar-refractivity contribution >= 4 is 5.91 Å². The lowest BCUT2D eigenvalue weighted by Crippen LogP contribution is -2.26. The van der Waals surface area contributed by atoms with Gasteiger partial charge in [0, 0.05) is 11.1 Å². The maximum absolute atomic E-state index is 14.6. The lowest BCUT2D eigenvalue weighted by molar-refractivity contribution is -0.152. The molecule has 0 aliphatic carbocycles. The van der Waals surface area contributed by atoms with Crippen molar-refractivity contribution < 1.29 is 35.9 Å². The Morgan fingerprint density at radius 2 is 1.82 bits per heavy atom. The Morgan fingerprint density at radius 3 is 2.46 bits per heavy atom. The van der Waals surface area contributed by atoms with Gasteiger partial charge in [0.1, 0.15) is 23.1 Å². The first kappa shape index (κ1) is 18.0. The maximum Gasteiger partial charge on any atom is 0.451 e. The van der Waals surface area contributed by atoms with Crippen molar-refractivity contribution in [2.45, 2.75) is 12.1 Å². The predicted octanol–water partition coefficient (Wildman–Crippen LogP) is 4.36. The van der Waals surface area contributed by atoms with Crippen molar-refractivity contribution in [3.05, 3.63) is 65.1 Å². The van der Waals surface area contributed by atoms with Gasteiger partial charge in [-0.2, -0.15) is 13.2 Å². The number of ether oxygens (including phenoxy) is 1. The fourth-order valence-corrected chi connectivity index (χ4v) is 3.09. The number of alkyl halides is 3. The first-order chi connectivity index (χ1) is 13.2. The van der Waals surface area contributed by atoms with Gasteiger partial charge in [-0.25, -0.2) is 13.8 Å². The second kappa shape index (κ2) is 6.04. The second-order valence-electron chi connectivity index (χ2n) is 5.98. The Bertz CT molecular complexity index is 1110. The normalized spacial score (nSPS) is 15.5. The summed E-state index contributed by atoms with van der Waals surface area (Å²) >= 11 is 0. The van der Waals surface area contributed by atoms with Crippen molar-refractivity contribution in [3.63, 3.8) is 0 Å². The van der Waals surface area contributed by atoms with E-state index in [1.807, 2.05) is 0 Å². The summed E-state index contributed by atoms with van der Waals surface area (Å²) in [6.45, 7) is 0. The molecule has 5 nitrogen and oxygen atoms in total. The number of oxazole rings is 1. The fourth-order valence-electron chi connectivity index (χ4n) is 3.09. The summed E-state index contributed by atoms with van der Waals surface area (Å²) in [5.74, 6) is -6.17. The molecule has 0 fully saturated rings. The molecule has 3 aromatic rings. The SMILES string of the molecule is NC(=O)C1c2cc(F)ccc2Oc2ccc(F)c(-c3ncc(C(F)(F)F)o3)c21. The Kier molecular flexibility index (Phi) is 3.88. The van der Waals surface area contributed by atoms with Crippen molar-refractivity contribution in [2.24, 2.45) is 5.73 Å². The summed E-state index contributed by atoms with van der Waals surface area (Å²) in [5.41, 5.74) is 4.74. The van der Waals surface area contributed by atoms with E-state index in [-0.39, 0.29) is 22.6 Å². The monoisotopic (exact) mass is 396 g/mol. The van der Waals surface area contributed by atoms with Gasteiger partial charge in [-0.3, -0.25) is 4.79 Å². The molecular formula is C18H9F5N2O3. The number of nitrogens with two attached hydrogens (primary N) is 1. The van der Waals surface area contributed by atoms with Gasteiger partial charge < -0.3 is 14.9 Å². The van der Waals surface area contributed by atoms with Crippen LogP contribution in [0.3, 0.4) is 0 Å². The van der Waals surface area contributed by atoms with Crippen LogP contribution in [0.4, 0.5) is 22.0 Å². The van der Waals surface area contributed by atoms with Gasteiger partial charge in [-0.15, -0.1) is 0 Å². The average molecular weight is 396 g/mol. The second-order valence-corrected chi connectivity index (χ2v) is 5.98. The van der Waals surface area contributed by atoms with Gasteiger partial charge in [-0.05, 0) is 30.3 Å². The Balaban J connectivity index is 1.97. The van der Waals surface area contributed by atoms with Crippen molar-refractivity contribution in [1.29, 1.82) is 0 Å². The van der Waals surface area contributed by atoms with Gasteiger partial charge in [-0.1, -0.05) is 0 Å². The van der Waals surface area contributed by atoms with Gasteiger partial charge in [0.25, 0.3) is 0 Å². The highest BCUT2D eigenvalue weighted by atomic mass is 19.4. The van der Waals surface area contributed by atoms with Crippen LogP contribution in [0.25, 0.3) is 11.5 Å². The molecule has 10 heteroatoms. The quantitative estimate of drug-likeness (QED) is 0.653. The topological polar surface area (TPSA) is 78.4 Å². The van der Waals surface area contributed by atoms with Gasteiger partial charge >= 0.3 is 6.18 Å². The molecule has 1 atom stereocenters.